The first-order valence-corrected chi connectivity index (χ1v) is 4.72. The van der Waals surface area contributed by atoms with Crippen LogP contribution in [0.4, 0.5) is 5.69 Å². The average molecular weight is 208 g/mol. The lowest BCUT2D eigenvalue weighted by atomic mass is 10.1. The number of nitrogens with two attached hydrogens (primary N) is 1. The van der Waals surface area contributed by atoms with Gasteiger partial charge in [-0.05, 0) is 24.6 Å². The SMILES string of the molecule is Nc1ccc(O)cc1C(=O)N1CCCO1. The lowest BCUT2D eigenvalue weighted by Gasteiger charge is -2.15. The van der Waals surface area contributed by atoms with Crippen LogP contribution >= 0.6 is 0 Å². The number of hydroxylamine groups is 2. The molecule has 15 heavy (non-hydrogen) atoms. The molecule has 0 aromatic heterocycles. The molecule has 1 aromatic carbocycles. The zero-order chi connectivity index (χ0) is 10.8. The van der Waals surface area contributed by atoms with Gasteiger partial charge in [0.05, 0.1) is 18.7 Å². The van der Waals surface area contributed by atoms with E-state index in [9.17, 15) is 9.90 Å². The molecule has 0 radical (unpaired) electrons. The van der Waals surface area contributed by atoms with Gasteiger partial charge in [-0.25, -0.2) is 5.06 Å². The maximum atomic E-state index is 11.8. The molecular weight excluding hydrogens is 196 g/mol. The van der Waals surface area contributed by atoms with Crippen molar-refractivity contribution in [2.45, 2.75) is 6.42 Å². The molecule has 1 fully saturated rings. The van der Waals surface area contributed by atoms with Crippen LogP contribution in [-0.2, 0) is 4.84 Å². The molecule has 1 aliphatic rings. The molecule has 0 bridgehead atoms. The number of nitrogen functional groups attached to an aromatic ring is 1. The fourth-order valence-electron chi connectivity index (χ4n) is 1.47. The molecule has 0 unspecified atom stereocenters. The van der Waals surface area contributed by atoms with Gasteiger partial charge in [0.15, 0.2) is 0 Å². The molecule has 1 aliphatic heterocycles. The molecule has 0 aliphatic carbocycles. The first kappa shape index (κ1) is 9.79. The molecular formula is C10H12N2O3. The number of carbonyl (C=O) groups is 1. The molecule has 1 saturated heterocycles. The summed E-state index contributed by atoms with van der Waals surface area (Å²) < 4.78 is 0. The van der Waals surface area contributed by atoms with Crippen LogP contribution < -0.4 is 5.73 Å². The summed E-state index contributed by atoms with van der Waals surface area (Å²) in [5.74, 6) is -0.285. The van der Waals surface area contributed by atoms with Gasteiger partial charge in [0.2, 0.25) is 0 Å². The Morgan fingerprint density at radius 2 is 2.33 bits per heavy atom. The van der Waals surface area contributed by atoms with Gasteiger partial charge in [0.1, 0.15) is 5.75 Å². The van der Waals surface area contributed by atoms with E-state index < -0.39 is 0 Å². The van der Waals surface area contributed by atoms with Gasteiger partial charge in [-0.15, -0.1) is 0 Å². The largest absolute Gasteiger partial charge is 0.508 e. The van der Waals surface area contributed by atoms with Crippen molar-refractivity contribution in [1.29, 1.82) is 0 Å². The minimum Gasteiger partial charge on any atom is -0.508 e. The summed E-state index contributed by atoms with van der Waals surface area (Å²) in [6.45, 7) is 1.11. The number of phenols is 1. The minimum absolute atomic E-state index is 0.0201. The Balaban J connectivity index is 2.27. The van der Waals surface area contributed by atoms with E-state index in [1.54, 1.807) is 0 Å². The normalized spacial score (nSPS) is 15.6. The molecule has 1 aromatic rings. The standard InChI is InChI=1S/C10H12N2O3/c11-9-3-2-7(13)6-8(9)10(14)12-4-1-5-15-12/h2-3,6,13H,1,4-5,11H2. The van der Waals surface area contributed by atoms with E-state index in [-0.39, 0.29) is 17.2 Å². The monoisotopic (exact) mass is 208 g/mol. The maximum absolute atomic E-state index is 11.8. The molecule has 2 rings (SSSR count). The van der Waals surface area contributed by atoms with Gasteiger partial charge in [0, 0.05) is 5.69 Å². The number of benzene rings is 1. The van der Waals surface area contributed by atoms with E-state index in [4.69, 9.17) is 10.6 Å². The summed E-state index contributed by atoms with van der Waals surface area (Å²) >= 11 is 0. The Morgan fingerprint density at radius 1 is 1.53 bits per heavy atom. The second kappa shape index (κ2) is 3.78. The predicted octanol–water partition coefficient (Wildman–Crippen LogP) is 0.752. The molecule has 5 heteroatoms. The molecule has 0 saturated carbocycles. The Morgan fingerprint density at radius 3 is 3.00 bits per heavy atom. The molecule has 1 amide bonds. The third-order valence-corrected chi connectivity index (χ3v) is 2.25. The summed E-state index contributed by atoms with van der Waals surface area (Å²) in [6, 6.07) is 4.29. The third-order valence-electron chi connectivity index (χ3n) is 2.25. The van der Waals surface area contributed by atoms with E-state index >= 15 is 0 Å². The number of hydrogen-bond acceptors (Lipinski definition) is 4. The first-order valence-electron chi connectivity index (χ1n) is 4.72. The highest BCUT2D eigenvalue weighted by atomic mass is 16.7. The highest BCUT2D eigenvalue weighted by Gasteiger charge is 2.22. The topological polar surface area (TPSA) is 75.8 Å². The lowest BCUT2D eigenvalue weighted by molar-refractivity contribution is -0.0767. The summed E-state index contributed by atoms with van der Waals surface area (Å²) in [5.41, 5.74) is 6.26. The van der Waals surface area contributed by atoms with Crippen LogP contribution in [0.5, 0.6) is 5.75 Å². The highest BCUT2D eigenvalue weighted by Crippen LogP contribution is 2.21. The summed E-state index contributed by atoms with van der Waals surface area (Å²) in [7, 11) is 0. The van der Waals surface area contributed by atoms with Crippen LogP contribution in [0.25, 0.3) is 0 Å². The van der Waals surface area contributed by atoms with Crippen LogP contribution in [-0.4, -0.2) is 29.2 Å². The van der Waals surface area contributed by atoms with Crippen LogP contribution in [0.2, 0.25) is 0 Å². The number of rotatable bonds is 1. The van der Waals surface area contributed by atoms with Crippen molar-refractivity contribution in [3.63, 3.8) is 0 Å². The second-order valence-electron chi connectivity index (χ2n) is 3.37. The molecule has 5 nitrogen and oxygen atoms in total. The van der Waals surface area contributed by atoms with E-state index in [1.165, 1.54) is 23.3 Å². The van der Waals surface area contributed by atoms with Crippen molar-refractivity contribution in [2.75, 3.05) is 18.9 Å². The Labute approximate surface area is 87.0 Å². The second-order valence-corrected chi connectivity index (χ2v) is 3.37. The maximum Gasteiger partial charge on any atom is 0.279 e. The number of hydrogen-bond donors (Lipinski definition) is 2. The lowest BCUT2D eigenvalue weighted by Crippen LogP contribution is -2.27. The van der Waals surface area contributed by atoms with E-state index in [2.05, 4.69) is 0 Å². The number of carbonyl (C=O) groups excluding carboxylic acids is 1. The fourth-order valence-corrected chi connectivity index (χ4v) is 1.47. The van der Waals surface area contributed by atoms with Crippen molar-refractivity contribution < 1.29 is 14.7 Å². The molecule has 0 atom stereocenters. The number of amides is 1. The molecule has 3 N–H and O–H groups in total. The van der Waals surface area contributed by atoms with Crippen molar-refractivity contribution in [3.05, 3.63) is 23.8 Å². The number of nitrogens with zero attached hydrogens (tertiary/aromatic N) is 1. The summed E-state index contributed by atoms with van der Waals surface area (Å²) in [6.07, 6.45) is 0.824. The van der Waals surface area contributed by atoms with Gasteiger partial charge in [-0.3, -0.25) is 9.63 Å². The zero-order valence-corrected chi connectivity index (χ0v) is 8.14. The Kier molecular flexibility index (Phi) is 2.47. The Hall–Kier alpha value is -1.75. The van der Waals surface area contributed by atoms with Gasteiger partial charge in [-0.1, -0.05) is 0 Å². The van der Waals surface area contributed by atoms with Gasteiger partial charge in [0.25, 0.3) is 5.91 Å². The smallest absolute Gasteiger partial charge is 0.279 e. The average Bonchev–Trinajstić information content (AvgIpc) is 2.74. The fraction of sp³-hybridized carbons (Fsp3) is 0.300. The van der Waals surface area contributed by atoms with Crippen molar-refractivity contribution in [1.82, 2.24) is 5.06 Å². The van der Waals surface area contributed by atoms with Crippen molar-refractivity contribution in [3.8, 4) is 5.75 Å². The zero-order valence-electron chi connectivity index (χ0n) is 8.14. The quantitative estimate of drug-likeness (QED) is 0.527. The van der Waals surface area contributed by atoms with Crippen LogP contribution in [0.3, 0.4) is 0 Å². The van der Waals surface area contributed by atoms with Crippen molar-refractivity contribution in [2.24, 2.45) is 0 Å². The van der Waals surface area contributed by atoms with E-state index in [0.717, 1.165) is 6.42 Å². The van der Waals surface area contributed by atoms with Crippen LogP contribution in [0.15, 0.2) is 18.2 Å². The highest BCUT2D eigenvalue weighted by molar-refractivity contribution is 5.99. The molecule has 80 valence electrons. The summed E-state index contributed by atoms with van der Waals surface area (Å²) in [5, 5.41) is 10.5. The van der Waals surface area contributed by atoms with Crippen LogP contribution in [0, 0.1) is 0 Å². The molecule has 1 heterocycles. The van der Waals surface area contributed by atoms with Crippen LogP contribution in [0.1, 0.15) is 16.8 Å². The summed E-state index contributed by atoms with van der Waals surface area (Å²) in [4.78, 5) is 16.9. The first-order chi connectivity index (χ1) is 7.18. The van der Waals surface area contributed by atoms with Gasteiger partial charge < -0.3 is 10.8 Å². The minimum atomic E-state index is -0.305. The number of anilines is 1. The molecule has 0 spiro atoms. The van der Waals surface area contributed by atoms with Gasteiger partial charge >= 0.3 is 0 Å². The van der Waals surface area contributed by atoms with Crippen molar-refractivity contribution >= 4 is 11.6 Å². The number of phenolic OH excluding ortho intramolecular Hbond substituents is 1. The number of aromatic hydroxyl groups is 1. The Bertz CT molecular complexity index is 386. The van der Waals surface area contributed by atoms with Gasteiger partial charge in [-0.2, -0.15) is 0 Å². The van der Waals surface area contributed by atoms with E-state index in [0.29, 0.717) is 18.8 Å². The third kappa shape index (κ3) is 1.87. The van der Waals surface area contributed by atoms with E-state index in [1.807, 2.05) is 0 Å². The predicted molar refractivity (Wildman–Crippen MR) is 54.1 cm³/mol.